The Morgan fingerprint density at radius 1 is 1.23 bits per heavy atom. The summed E-state index contributed by atoms with van der Waals surface area (Å²) in [6.45, 7) is 2.37. The molecule has 0 bridgehead atoms. The van der Waals surface area contributed by atoms with E-state index in [1.807, 2.05) is 37.3 Å². The quantitative estimate of drug-likeness (QED) is 0.581. The van der Waals surface area contributed by atoms with Crippen LogP contribution in [-0.4, -0.2) is 34.6 Å². The van der Waals surface area contributed by atoms with Gasteiger partial charge in [0, 0.05) is 28.2 Å². The lowest BCUT2D eigenvalue weighted by Gasteiger charge is -2.08. The molecule has 4 rings (SSSR count). The fourth-order valence-electron chi connectivity index (χ4n) is 3.22. The topological polar surface area (TPSA) is 77.7 Å². The Bertz CT molecular complexity index is 1140. The van der Waals surface area contributed by atoms with Crippen LogP contribution in [0, 0.1) is 6.92 Å². The molecule has 0 spiro atoms. The summed E-state index contributed by atoms with van der Waals surface area (Å²) in [5.74, 6) is 0.888. The van der Waals surface area contributed by atoms with Crippen LogP contribution < -0.4 is 10.1 Å². The van der Waals surface area contributed by atoms with Gasteiger partial charge in [-0.25, -0.2) is 0 Å². The number of carbonyl (C=O) groups excluding carboxylic acids is 1. The number of rotatable bonds is 6. The molecule has 2 aromatic carbocycles. The van der Waals surface area contributed by atoms with Crippen molar-refractivity contribution in [1.29, 1.82) is 0 Å². The van der Waals surface area contributed by atoms with Crippen LogP contribution in [0.5, 0.6) is 5.75 Å². The average Bonchev–Trinajstić information content (AvgIpc) is 3.37. The number of ether oxygens (including phenoxy) is 1. The Morgan fingerprint density at radius 3 is 2.71 bits per heavy atom. The first-order chi connectivity index (χ1) is 14.9. The number of halogens is 2. The molecule has 0 radical (unpaired) electrons. The summed E-state index contributed by atoms with van der Waals surface area (Å²) < 4.78 is 6.92. The summed E-state index contributed by atoms with van der Waals surface area (Å²) in [7, 11) is 1.61. The van der Waals surface area contributed by atoms with Gasteiger partial charge in [0.25, 0.3) is 5.91 Å². The largest absolute Gasteiger partial charge is 0.497 e. The number of nitrogens with one attached hydrogen (secondary N) is 1. The predicted molar refractivity (Wildman–Crippen MR) is 120 cm³/mol. The van der Waals surface area contributed by atoms with Crippen molar-refractivity contribution >= 4 is 40.6 Å². The summed E-state index contributed by atoms with van der Waals surface area (Å²) in [5, 5.41) is 12.5. The predicted octanol–water partition coefficient (Wildman–Crippen LogP) is 4.69. The minimum absolute atomic E-state index is 0.304. The number of nitrogens with zero attached hydrogens (tertiary/aromatic N) is 3. The van der Waals surface area contributed by atoms with E-state index in [-0.39, 0.29) is 5.91 Å². The summed E-state index contributed by atoms with van der Waals surface area (Å²) in [4.78, 5) is 18.0. The Morgan fingerprint density at radius 2 is 2.00 bits per heavy atom. The van der Waals surface area contributed by atoms with E-state index >= 15 is 0 Å². The third-order valence-electron chi connectivity index (χ3n) is 4.95. The first-order valence-electron chi connectivity index (χ1n) is 9.59. The van der Waals surface area contributed by atoms with E-state index in [4.69, 9.17) is 32.8 Å². The molecular weight excluding hydrogens is 439 g/mol. The van der Waals surface area contributed by atoms with Crippen molar-refractivity contribution < 1.29 is 14.4 Å². The summed E-state index contributed by atoms with van der Waals surface area (Å²) in [6.07, 6.45) is -0.341. The second-order valence-corrected chi connectivity index (χ2v) is 7.96. The SMILES string of the molecule is COc1ccc(C2=NO[C@@H](C(=O)Nc3cc(C)n(Cc4ccc(Cl)cc4Cl)n3)C2)cc1. The lowest BCUT2D eigenvalue weighted by atomic mass is 10.0. The highest BCUT2D eigenvalue weighted by molar-refractivity contribution is 6.35. The molecule has 1 aromatic heterocycles. The van der Waals surface area contributed by atoms with Crippen molar-refractivity contribution in [3.05, 3.63) is 75.4 Å². The zero-order valence-electron chi connectivity index (χ0n) is 16.9. The molecule has 0 unspecified atom stereocenters. The highest BCUT2D eigenvalue weighted by Gasteiger charge is 2.29. The Labute approximate surface area is 189 Å². The number of anilines is 1. The summed E-state index contributed by atoms with van der Waals surface area (Å²) in [5.41, 5.74) is 3.36. The maximum atomic E-state index is 12.6. The number of aryl methyl sites for hydroxylation is 1. The molecule has 0 aliphatic carbocycles. The molecule has 160 valence electrons. The fourth-order valence-corrected chi connectivity index (χ4v) is 3.69. The van der Waals surface area contributed by atoms with Gasteiger partial charge in [-0.15, -0.1) is 0 Å². The van der Waals surface area contributed by atoms with Gasteiger partial charge in [0.1, 0.15) is 5.75 Å². The molecule has 0 saturated heterocycles. The number of amides is 1. The zero-order valence-corrected chi connectivity index (χ0v) is 18.4. The minimum Gasteiger partial charge on any atom is -0.497 e. The molecule has 1 aliphatic heterocycles. The van der Waals surface area contributed by atoms with E-state index in [1.165, 1.54) is 0 Å². The minimum atomic E-state index is -0.715. The molecule has 9 heteroatoms. The van der Waals surface area contributed by atoms with Crippen molar-refractivity contribution in [3.8, 4) is 5.75 Å². The fraction of sp³-hybridized carbons (Fsp3) is 0.227. The van der Waals surface area contributed by atoms with Crippen LogP contribution in [0.4, 0.5) is 5.82 Å². The zero-order chi connectivity index (χ0) is 22.0. The van der Waals surface area contributed by atoms with Crippen LogP contribution in [-0.2, 0) is 16.2 Å². The third-order valence-corrected chi connectivity index (χ3v) is 5.54. The van der Waals surface area contributed by atoms with Gasteiger partial charge in [-0.3, -0.25) is 9.48 Å². The van der Waals surface area contributed by atoms with Crippen molar-refractivity contribution in [2.45, 2.75) is 26.0 Å². The van der Waals surface area contributed by atoms with Crippen LogP contribution in [0.15, 0.2) is 53.7 Å². The van der Waals surface area contributed by atoms with E-state index < -0.39 is 6.10 Å². The lowest BCUT2D eigenvalue weighted by Crippen LogP contribution is -2.28. The Hall–Kier alpha value is -3.03. The molecule has 0 saturated carbocycles. The lowest BCUT2D eigenvalue weighted by molar-refractivity contribution is -0.125. The first kappa shape index (κ1) is 21.2. The molecule has 1 amide bonds. The van der Waals surface area contributed by atoms with Crippen LogP contribution in [0.2, 0.25) is 10.0 Å². The van der Waals surface area contributed by atoms with Crippen LogP contribution >= 0.6 is 23.2 Å². The number of carbonyl (C=O) groups is 1. The molecule has 1 N–H and O–H groups in total. The van der Waals surface area contributed by atoms with Gasteiger partial charge < -0.3 is 14.9 Å². The molecule has 31 heavy (non-hydrogen) atoms. The van der Waals surface area contributed by atoms with Crippen molar-refractivity contribution in [3.63, 3.8) is 0 Å². The second-order valence-electron chi connectivity index (χ2n) is 7.12. The van der Waals surface area contributed by atoms with Gasteiger partial charge in [0.15, 0.2) is 5.82 Å². The van der Waals surface area contributed by atoms with Crippen molar-refractivity contribution in [2.75, 3.05) is 12.4 Å². The normalized spacial score (nSPS) is 15.4. The number of aromatic nitrogens is 2. The van der Waals surface area contributed by atoms with Gasteiger partial charge >= 0.3 is 0 Å². The summed E-state index contributed by atoms with van der Waals surface area (Å²) in [6, 6.07) is 14.6. The van der Waals surface area contributed by atoms with Gasteiger partial charge in [0.2, 0.25) is 6.10 Å². The van der Waals surface area contributed by atoms with Gasteiger partial charge in [-0.05, 0) is 54.4 Å². The number of benzene rings is 2. The highest BCUT2D eigenvalue weighted by atomic mass is 35.5. The van der Waals surface area contributed by atoms with Crippen LogP contribution in [0.3, 0.4) is 0 Å². The molecule has 1 aliphatic rings. The molecule has 7 nitrogen and oxygen atoms in total. The smallest absolute Gasteiger partial charge is 0.269 e. The summed E-state index contributed by atoms with van der Waals surface area (Å²) >= 11 is 12.2. The maximum absolute atomic E-state index is 12.6. The monoisotopic (exact) mass is 458 g/mol. The number of methoxy groups -OCH3 is 1. The first-order valence-corrected chi connectivity index (χ1v) is 10.3. The number of oxime groups is 1. The average molecular weight is 459 g/mol. The third kappa shape index (κ3) is 4.84. The van der Waals surface area contributed by atoms with E-state index in [2.05, 4.69) is 15.6 Å². The van der Waals surface area contributed by atoms with E-state index in [0.717, 1.165) is 22.6 Å². The highest BCUT2D eigenvalue weighted by Crippen LogP contribution is 2.23. The van der Waals surface area contributed by atoms with Gasteiger partial charge in [-0.2, -0.15) is 5.10 Å². The second kappa shape index (κ2) is 8.99. The molecular formula is C22H20Cl2N4O3. The Balaban J connectivity index is 1.38. The Kier molecular flexibility index (Phi) is 6.15. The van der Waals surface area contributed by atoms with E-state index in [0.29, 0.717) is 34.5 Å². The van der Waals surface area contributed by atoms with Crippen molar-refractivity contribution in [1.82, 2.24) is 9.78 Å². The van der Waals surface area contributed by atoms with Crippen LogP contribution in [0.1, 0.15) is 23.2 Å². The van der Waals surface area contributed by atoms with Gasteiger partial charge in [-0.1, -0.05) is 34.4 Å². The standard InChI is InChI=1S/C22H20Cl2N4O3/c1-13-9-21(26-28(13)12-15-3-6-16(23)10-18(15)24)25-22(29)20-11-19(27-31-20)14-4-7-17(30-2)8-5-14/h3-10,20H,11-12H2,1-2H3,(H,25,26,29)/t20-/m1/s1. The molecule has 2 heterocycles. The molecule has 1 atom stereocenters. The number of hydrogen-bond donors (Lipinski definition) is 1. The van der Waals surface area contributed by atoms with E-state index in [1.54, 1.807) is 30.0 Å². The maximum Gasteiger partial charge on any atom is 0.269 e. The number of hydrogen-bond acceptors (Lipinski definition) is 5. The van der Waals surface area contributed by atoms with Crippen molar-refractivity contribution in [2.24, 2.45) is 5.16 Å². The molecule has 0 fully saturated rings. The molecule has 3 aromatic rings. The van der Waals surface area contributed by atoms with Gasteiger partial charge in [0.05, 0.1) is 19.4 Å². The van der Waals surface area contributed by atoms with Crippen LogP contribution in [0.25, 0.3) is 0 Å². The van der Waals surface area contributed by atoms with E-state index in [9.17, 15) is 4.79 Å².